The van der Waals surface area contributed by atoms with Gasteiger partial charge >= 0.3 is 0 Å². The van der Waals surface area contributed by atoms with Gasteiger partial charge in [0.2, 0.25) is 0 Å². The van der Waals surface area contributed by atoms with Crippen molar-refractivity contribution in [1.82, 2.24) is 0 Å². The Morgan fingerprint density at radius 1 is 0.600 bits per heavy atom. The smallest absolute Gasteiger partial charge is 0.108 e. The molecule has 0 heterocycles. The molecule has 2 aromatic carbocycles. The zero-order chi connectivity index (χ0) is 18.8. The largest absolute Gasteiger partial charge is 0.292 e. The van der Waals surface area contributed by atoms with Crippen LogP contribution in [0.15, 0.2) is 0 Å². The molecule has 0 N–H and O–H groups in total. The van der Waals surface area contributed by atoms with E-state index < -0.39 is 70.2 Å². The summed E-state index contributed by atoms with van der Waals surface area (Å²) in [5.74, 6) is -16.7. The number of halogens is 10. The fourth-order valence-corrected chi connectivity index (χ4v) is 1.35. The van der Waals surface area contributed by atoms with Gasteiger partial charge in [0.05, 0.1) is 40.7 Å². The first kappa shape index (κ1) is 23.5. The van der Waals surface area contributed by atoms with E-state index in [-0.39, 0.29) is 25.8 Å². The summed E-state index contributed by atoms with van der Waals surface area (Å²) in [6.07, 6.45) is 0. The summed E-state index contributed by atoms with van der Waals surface area (Å²) in [6.45, 7) is 0.342. The van der Waals surface area contributed by atoms with Crippen LogP contribution < -0.4 is 0 Å². The molecule has 2 aromatic rings. The molecule has 0 unspecified atom stereocenters. The Hall–Kier alpha value is -1.52. The third-order valence-corrected chi connectivity index (χ3v) is 2.62. The van der Waals surface area contributed by atoms with Crippen LogP contribution in [0.4, 0.5) is 43.9 Å². The molecule has 0 fully saturated rings. The predicted octanol–water partition coefficient (Wildman–Crippen LogP) is 5.21. The van der Waals surface area contributed by atoms with Gasteiger partial charge in [-0.05, 0) is 13.6 Å². The molecule has 136 valence electrons. The summed E-state index contributed by atoms with van der Waals surface area (Å²) in [5, 5.41) is 0. The van der Waals surface area contributed by atoms with Gasteiger partial charge in [-0.1, -0.05) is 5.56 Å². The summed E-state index contributed by atoms with van der Waals surface area (Å²) in [6, 6.07) is 1.02. The minimum Gasteiger partial charge on any atom is -0.292 e. The number of hydrogen-bond acceptors (Lipinski definition) is 0. The molecule has 0 aliphatic heterocycles. The maximum atomic E-state index is 12.7. The van der Waals surface area contributed by atoms with Crippen LogP contribution in [0, 0.1) is 72.0 Å². The third-order valence-electron chi connectivity index (χ3n) is 2.62. The summed E-state index contributed by atoms with van der Waals surface area (Å²) in [7, 11) is 0. The van der Waals surface area contributed by atoms with Gasteiger partial charge in [-0.2, -0.15) is 0 Å². The number of rotatable bonds is 1. The minimum atomic E-state index is -2.17. The van der Waals surface area contributed by atoms with Crippen LogP contribution in [0.5, 0.6) is 0 Å². The Kier molecular flexibility index (Phi) is 8.69. The molecule has 0 aliphatic rings. The predicted molar refractivity (Wildman–Crippen MR) is 60.6 cm³/mol. The van der Waals surface area contributed by atoms with Crippen LogP contribution >= 0.6 is 0 Å². The van der Waals surface area contributed by atoms with E-state index in [9.17, 15) is 43.9 Å². The monoisotopic (exact) mass is 542 g/mol. The quantitative estimate of drug-likeness (QED) is 0.153. The second-order valence-electron chi connectivity index (χ2n) is 4.10. The average molecular weight is 541 g/mol. The first-order valence-corrected chi connectivity index (χ1v) is 5.71. The molecule has 11 heteroatoms. The summed E-state index contributed by atoms with van der Waals surface area (Å²) >= 11 is 0. The first-order chi connectivity index (χ1) is 11.0. The molecule has 0 nitrogen and oxygen atoms in total. The third kappa shape index (κ3) is 4.77. The molecule has 0 amide bonds. The van der Waals surface area contributed by atoms with Crippen molar-refractivity contribution in [2.75, 3.05) is 0 Å². The second-order valence-corrected chi connectivity index (χ2v) is 4.10. The zero-order valence-electron chi connectivity index (χ0n) is 11.9. The van der Waals surface area contributed by atoms with E-state index in [0.29, 0.717) is 0 Å². The van der Waals surface area contributed by atoms with Gasteiger partial charge in [-0.25, -0.2) is 22.0 Å². The Bertz CT molecular complexity index is 720. The summed E-state index contributed by atoms with van der Waals surface area (Å²) < 4.78 is 122. The van der Waals surface area contributed by atoms with Crippen LogP contribution in [0.1, 0.15) is 11.1 Å². The van der Waals surface area contributed by atoms with E-state index in [1.807, 2.05) is 0 Å². The van der Waals surface area contributed by atoms with Crippen LogP contribution in [0.3, 0.4) is 0 Å². The molecule has 2 rings (SSSR count). The van der Waals surface area contributed by atoms with Crippen molar-refractivity contribution in [2.45, 2.75) is 6.92 Å². The fourth-order valence-electron chi connectivity index (χ4n) is 1.35. The second kappa shape index (κ2) is 9.25. The van der Waals surface area contributed by atoms with Gasteiger partial charge in [-0.15, -0.1) is 6.07 Å². The Morgan fingerprint density at radius 2 is 0.960 bits per heavy atom. The molecule has 0 atom stereocenters. The van der Waals surface area contributed by atoms with Crippen molar-refractivity contribution in [1.29, 1.82) is 0 Å². The first-order valence-electron chi connectivity index (χ1n) is 5.71. The van der Waals surface area contributed by atoms with E-state index in [0.717, 1.165) is 13.0 Å². The van der Waals surface area contributed by atoms with Crippen LogP contribution in [0.25, 0.3) is 0 Å². The molecule has 0 saturated heterocycles. The van der Waals surface area contributed by atoms with Crippen molar-refractivity contribution in [3.63, 3.8) is 0 Å². The topological polar surface area (TPSA) is 0 Å². The standard InChI is InChI=1S/C8H4F5.C6F5.Hf/c1-3-5(10)7(12)4(2-9)8(13)6(3)11;7-2-1-3(8)5(10)6(11)4(2)9;/h2H,1H3;;/q2*-1;. The summed E-state index contributed by atoms with van der Waals surface area (Å²) in [4.78, 5) is 0. The van der Waals surface area contributed by atoms with Crippen LogP contribution in [-0.4, -0.2) is 0 Å². The van der Waals surface area contributed by atoms with Crippen LogP contribution in [0.2, 0.25) is 0 Å². The van der Waals surface area contributed by atoms with E-state index in [4.69, 9.17) is 0 Å². The van der Waals surface area contributed by atoms with Crippen molar-refractivity contribution in [2.24, 2.45) is 0 Å². The minimum absolute atomic E-state index is 0. The normalized spacial score (nSPS) is 9.88. The van der Waals surface area contributed by atoms with Crippen molar-refractivity contribution < 1.29 is 69.7 Å². The molecular formula is C14H4F10Hf-2. The van der Waals surface area contributed by atoms with E-state index in [1.54, 1.807) is 0 Å². The molecule has 0 saturated carbocycles. The van der Waals surface area contributed by atoms with Crippen molar-refractivity contribution in [3.8, 4) is 0 Å². The van der Waals surface area contributed by atoms with Crippen molar-refractivity contribution in [3.05, 3.63) is 76.2 Å². The molecule has 0 aliphatic carbocycles. The van der Waals surface area contributed by atoms with E-state index in [1.165, 1.54) is 0 Å². The SMILES string of the molecule is Cc1c(F)c(F)c([CH-]F)c(F)c1F.Fc1[c-]c(F)c(F)c(F)c1F.[Hf]. The zero-order valence-corrected chi connectivity index (χ0v) is 15.4. The number of benzene rings is 2. The maximum absolute atomic E-state index is 12.7. The molecule has 0 radical (unpaired) electrons. The Morgan fingerprint density at radius 3 is 1.28 bits per heavy atom. The molecule has 0 bridgehead atoms. The van der Waals surface area contributed by atoms with Gasteiger partial charge in [0.15, 0.2) is 0 Å². The average Bonchev–Trinajstić information content (AvgIpc) is 2.56. The van der Waals surface area contributed by atoms with Gasteiger partial charge < -0.3 is 0 Å². The van der Waals surface area contributed by atoms with E-state index >= 15 is 0 Å². The Labute approximate surface area is 153 Å². The number of hydrogen-bond donors (Lipinski definition) is 0. The van der Waals surface area contributed by atoms with Gasteiger partial charge in [-0.3, -0.25) is 22.0 Å². The molecule has 0 spiro atoms. The van der Waals surface area contributed by atoms with Gasteiger partial charge in [0.25, 0.3) is 0 Å². The molecule has 25 heavy (non-hydrogen) atoms. The summed E-state index contributed by atoms with van der Waals surface area (Å²) in [5.41, 5.74) is -2.14. The van der Waals surface area contributed by atoms with Crippen molar-refractivity contribution >= 4 is 0 Å². The molecular weight excluding hydrogens is 537 g/mol. The maximum Gasteiger partial charge on any atom is 0.108 e. The molecule has 0 aromatic heterocycles. The van der Waals surface area contributed by atoms with Gasteiger partial charge in [0.1, 0.15) is 11.6 Å². The Balaban J connectivity index is 0.000000449. The van der Waals surface area contributed by atoms with Crippen LogP contribution in [-0.2, 0) is 25.8 Å². The van der Waals surface area contributed by atoms with E-state index in [2.05, 4.69) is 0 Å². The fraction of sp³-hybridized carbons (Fsp3) is 0.0714. The van der Waals surface area contributed by atoms with Gasteiger partial charge in [0, 0.05) is 31.4 Å².